The lowest BCUT2D eigenvalue weighted by molar-refractivity contribution is -0.133. The van der Waals surface area contributed by atoms with Crippen molar-refractivity contribution in [3.05, 3.63) is 71.8 Å². The van der Waals surface area contributed by atoms with E-state index in [1.807, 2.05) is 74.6 Å². The van der Waals surface area contributed by atoms with Crippen LogP contribution in [0.5, 0.6) is 0 Å². The molecule has 21 heavy (non-hydrogen) atoms. The summed E-state index contributed by atoms with van der Waals surface area (Å²) < 4.78 is 0. The molecule has 0 fully saturated rings. The third-order valence-corrected chi connectivity index (χ3v) is 3.83. The predicted octanol–water partition coefficient (Wildman–Crippen LogP) is 2.78. The van der Waals surface area contributed by atoms with E-state index in [1.165, 1.54) is 0 Å². The first-order valence-electron chi connectivity index (χ1n) is 7.20. The number of carbonyl (C=O) groups is 1. The first-order valence-corrected chi connectivity index (χ1v) is 7.20. The van der Waals surface area contributed by atoms with E-state index in [9.17, 15) is 4.79 Å². The molecule has 1 amide bonds. The number of benzene rings is 2. The standard InChI is InChI=1S/C18H22N2O/c1-14(16-11-7-4-8-12-16)20(2)18(21)17(19)13-15-9-5-3-6-10-15/h3-12,14,17H,13,19H2,1-2H3. The third kappa shape index (κ3) is 3.92. The highest BCUT2D eigenvalue weighted by Crippen LogP contribution is 2.19. The first-order chi connectivity index (χ1) is 10.1. The fourth-order valence-corrected chi connectivity index (χ4v) is 2.36. The van der Waals surface area contributed by atoms with Gasteiger partial charge >= 0.3 is 0 Å². The third-order valence-electron chi connectivity index (χ3n) is 3.83. The molecule has 0 radical (unpaired) electrons. The van der Waals surface area contributed by atoms with E-state index in [0.29, 0.717) is 6.42 Å². The minimum Gasteiger partial charge on any atom is -0.338 e. The Bertz CT molecular complexity index is 568. The van der Waals surface area contributed by atoms with Crippen LogP contribution in [0, 0.1) is 0 Å². The number of nitrogens with two attached hydrogens (primary N) is 1. The molecule has 3 nitrogen and oxygen atoms in total. The van der Waals surface area contributed by atoms with Crippen LogP contribution < -0.4 is 5.73 Å². The van der Waals surface area contributed by atoms with Crippen molar-refractivity contribution in [3.8, 4) is 0 Å². The summed E-state index contributed by atoms with van der Waals surface area (Å²) in [6.45, 7) is 2.02. The highest BCUT2D eigenvalue weighted by molar-refractivity contribution is 5.82. The van der Waals surface area contributed by atoms with Crippen molar-refractivity contribution in [2.75, 3.05) is 7.05 Å². The van der Waals surface area contributed by atoms with E-state index in [0.717, 1.165) is 11.1 Å². The molecule has 2 N–H and O–H groups in total. The van der Waals surface area contributed by atoms with Gasteiger partial charge in [0, 0.05) is 7.05 Å². The van der Waals surface area contributed by atoms with Crippen molar-refractivity contribution >= 4 is 5.91 Å². The number of amides is 1. The number of carbonyl (C=O) groups excluding carboxylic acids is 1. The Kier molecular flexibility index (Phi) is 5.12. The monoisotopic (exact) mass is 282 g/mol. The minimum atomic E-state index is -0.511. The van der Waals surface area contributed by atoms with Gasteiger partial charge in [-0.1, -0.05) is 60.7 Å². The van der Waals surface area contributed by atoms with Crippen LogP contribution in [-0.2, 0) is 11.2 Å². The minimum absolute atomic E-state index is 0.0144. The van der Waals surface area contributed by atoms with Crippen molar-refractivity contribution in [1.82, 2.24) is 4.90 Å². The molecule has 0 aliphatic carbocycles. The summed E-state index contributed by atoms with van der Waals surface area (Å²) in [5, 5.41) is 0. The predicted molar refractivity (Wildman–Crippen MR) is 85.7 cm³/mol. The number of nitrogens with zero attached hydrogens (tertiary/aromatic N) is 1. The summed E-state index contributed by atoms with van der Waals surface area (Å²) in [5.74, 6) is -0.0322. The normalized spacial score (nSPS) is 13.5. The average molecular weight is 282 g/mol. The topological polar surface area (TPSA) is 46.3 Å². The maximum absolute atomic E-state index is 12.5. The average Bonchev–Trinajstić information content (AvgIpc) is 2.54. The van der Waals surface area contributed by atoms with Gasteiger partial charge in [0.1, 0.15) is 0 Å². The Labute approximate surface area is 126 Å². The van der Waals surface area contributed by atoms with E-state index in [2.05, 4.69) is 0 Å². The molecule has 0 saturated carbocycles. The lowest BCUT2D eigenvalue weighted by atomic mass is 10.0. The highest BCUT2D eigenvalue weighted by Gasteiger charge is 2.22. The van der Waals surface area contributed by atoms with Crippen LogP contribution in [0.2, 0.25) is 0 Å². The van der Waals surface area contributed by atoms with Gasteiger partial charge in [-0.2, -0.15) is 0 Å². The molecule has 2 aromatic carbocycles. The molecule has 2 aromatic rings. The summed E-state index contributed by atoms with van der Waals surface area (Å²) in [4.78, 5) is 14.2. The molecule has 2 rings (SSSR count). The lowest BCUT2D eigenvalue weighted by Gasteiger charge is -2.28. The SMILES string of the molecule is CC(c1ccccc1)N(C)C(=O)C(N)Cc1ccccc1. The van der Waals surface area contributed by atoms with Crippen molar-refractivity contribution in [1.29, 1.82) is 0 Å². The zero-order valence-corrected chi connectivity index (χ0v) is 12.6. The number of hydrogen-bond acceptors (Lipinski definition) is 2. The van der Waals surface area contributed by atoms with Crippen molar-refractivity contribution in [2.24, 2.45) is 5.73 Å². The van der Waals surface area contributed by atoms with Crippen LogP contribution in [0.1, 0.15) is 24.1 Å². The molecule has 2 atom stereocenters. The summed E-state index contributed by atoms with van der Waals surface area (Å²) in [7, 11) is 1.81. The second-order valence-corrected chi connectivity index (χ2v) is 5.33. The summed E-state index contributed by atoms with van der Waals surface area (Å²) in [6, 6.07) is 19.4. The summed E-state index contributed by atoms with van der Waals surface area (Å²) >= 11 is 0. The zero-order valence-electron chi connectivity index (χ0n) is 12.6. The fraction of sp³-hybridized carbons (Fsp3) is 0.278. The van der Waals surface area contributed by atoms with Crippen molar-refractivity contribution in [3.63, 3.8) is 0 Å². The molecule has 0 aromatic heterocycles. The molecule has 0 bridgehead atoms. The van der Waals surface area contributed by atoms with Gasteiger partial charge in [-0.05, 0) is 24.5 Å². The molecule has 2 unspecified atom stereocenters. The molecule has 0 aliphatic rings. The largest absolute Gasteiger partial charge is 0.338 e. The van der Waals surface area contributed by atoms with E-state index in [1.54, 1.807) is 4.90 Å². The molecule has 0 spiro atoms. The Morgan fingerprint density at radius 2 is 1.57 bits per heavy atom. The van der Waals surface area contributed by atoms with Crippen LogP contribution in [0.3, 0.4) is 0 Å². The first kappa shape index (κ1) is 15.3. The number of likely N-dealkylation sites (N-methyl/N-ethyl adjacent to an activating group) is 1. The van der Waals surface area contributed by atoms with Gasteiger partial charge in [-0.3, -0.25) is 4.79 Å². The van der Waals surface area contributed by atoms with Crippen LogP contribution in [-0.4, -0.2) is 23.9 Å². The van der Waals surface area contributed by atoms with E-state index in [4.69, 9.17) is 5.73 Å². The number of rotatable bonds is 5. The van der Waals surface area contributed by atoms with Gasteiger partial charge < -0.3 is 10.6 Å². The lowest BCUT2D eigenvalue weighted by Crippen LogP contribution is -2.44. The number of hydrogen-bond donors (Lipinski definition) is 1. The van der Waals surface area contributed by atoms with Gasteiger partial charge in [-0.25, -0.2) is 0 Å². The maximum atomic E-state index is 12.5. The van der Waals surface area contributed by atoms with E-state index < -0.39 is 6.04 Å². The Balaban J connectivity index is 2.01. The molecule has 3 heteroatoms. The molecule has 0 heterocycles. The Morgan fingerprint density at radius 1 is 1.05 bits per heavy atom. The van der Waals surface area contributed by atoms with E-state index >= 15 is 0 Å². The molecule has 110 valence electrons. The molecule has 0 saturated heterocycles. The van der Waals surface area contributed by atoms with Gasteiger partial charge in [0.05, 0.1) is 12.1 Å². The molecule has 0 aliphatic heterocycles. The van der Waals surface area contributed by atoms with Crippen LogP contribution in [0.4, 0.5) is 0 Å². The summed E-state index contributed by atoms with van der Waals surface area (Å²) in [6.07, 6.45) is 0.561. The fourth-order valence-electron chi connectivity index (χ4n) is 2.36. The Morgan fingerprint density at radius 3 is 2.14 bits per heavy atom. The van der Waals surface area contributed by atoms with Crippen molar-refractivity contribution < 1.29 is 4.79 Å². The van der Waals surface area contributed by atoms with Gasteiger partial charge in [-0.15, -0.1) is 0 Å². The quantitative estimate of drug-likeness (QED) is 0.916. The van der Waals surface area contributed by atoms with Gasteiger partial charge in [0.25, 0.3) is 0 Å². The highest BCUT2D eigenvalue weighted by atomic mass is 16.2. The van der Waals surface area contributed by atoms with Gasteiger partial charge in [0.15, 0.2) is 0 Å². The van der Waals surface area contributed by atoms with Crippen LogP contribution >= 0.6 is 0 Å². The molecular weight excluding hydrogens is 260 g/mol. The second kappa shape index (κ2) is 7.04. The van der Waals surface area contributed by atoms with Crippen LogP contribution in [0.25, 0.3) is 0 Å². The smallest absolute Gasteiger partial charge is 0.240 e. The Hall–Kier alpha value is -2.13. The van der Waals surface area contributed by atoms with Crippen LogP contribution in [0.15, 0.2) is 60.7 Å². The summed E-state index contributed by atoms with van der Waals surface area (Å²) in [5.41, 5.74) is 8.27. The zero-order chi connectivity index (χ0) is 15.2. The maximum Gasteiger partial charge on any atom is 0.240 e. The van der Waals surface area contributed by atoms with E-state index in [-0.39, 0.29) is 11.9 Å². The van der Waals surface area contributed by atoms with Gasteiger partial charge in [0.2, 0.25) is 5.91 Å². The van der Waals surface area contributed by atoms with Crippen molar-refractivity contribution in [2.45, 2.75) is 25.4 Å². The molecular formula is C18H22N2O. The second-order valence-electron chi connectivity index (χ2n) is 5.33.